The second-order valence-electron chi connectivity index (χ2n) is 4.22. The van der Waals surface area contributed by atoms with Crippen LogP contribution in [0.1, 0.15) is 11.3 Å². The average Bonchev–Trinajstić information content (AvgIpc) is 2.52. The lowest BCUT2D eigenvalue weighted by Gasteiger charge is -2.00. The van der Waals surface area contributed by atoms with Gasteiger partial charge in [0.05, 0.1) is 17.2 Å². The number of nitrogens with zero attached hydrogens (tertiary/aromatic N) is 2. The topological polar surface area (TPSA) is 85.1 Å². The molecule has 106 valence electrons. The van der Waals surface area contributed by atoms with E-state index >= 15 is 0 Å². The third kappa shape index (κ3) is 4.54. The number of rotatable bonds is 5. The van der Waals surface area contributed by atoms with Crippen LogP contribution in [0.5, 0.6) is 0 Å². The molecule has 0 fully saturated rings. The van der Waals surface area contributed by atoms with Gasteiger partial charge in [-0.1, -0.05) is 6.07 Å². The van der Waals surface area contributed by atoms with Crippen molar-refractivity contribution >= 4 is 17.7 Å². The summed E-state index contributed by atoms with van der Waals surface area (Å²) in [5.74, 6) is -0.251. The van der Waals surface area contributed by atoms with E-state index in [1.807, 2.05) is 12.1 Å². The van der Waals surface area contributed by atoms with Crippen LogP contribution >= 0.6 is 0 Å². The van der Waals surface area contributed by atoms with E-state index < -0.39 is 4.92 Å². The largest absolute Gasteiger partial charge is 0.347 e. The molecule has 1 heterocycles. The van der Waals surface area contributed by atoms with E-state index in [4.69, 9.17) is 0 Å². The Morgan fingerprint density at radius 1 is 1.24 bits per heavy atom. The fraction of sp³-hybridized carbons (Fsp3) is 0.0667. The molecule has 0 saturated heterocycles. The van der Waals surface area contributed by atoms with E-state index in [2.05, 4.69) is 10.3 Å². The Kier molecular flexibility index (Phi) is 4.76. The van der Waals surface area contributed by atoms with Crippen LogP contribution in [0.4, 0.5) is 5.69 Å². The van der Waals surface area contributed by atoms with Gasteiger partial charge in [0.25, 0.3) is 5.69 Å². The third-order valence-corrected chi connectivity index (χ3v) is 2.70. The fourth-order valence-electron chi connectivity index (χ4n) is 1.62. The Hall–Kier alpha value is -3.02. The molecule has 21 heavy (non-hydrogen) atoms. The van der Waals surface area contributed by atoms with Gasteiger partial charge in [-0.15, -0.1) is 0 Å². The second kappa shape index (κ2) is 6.95. The SMILES string of the molecule is O=C(/C=C/c1ccc([N+](=O)[O-])cc1)NCc1ccccn1. The van der Waals surface area contributed by atoms with Crippen molar-refractivity contribution in [3.05, 3.63) is 76.1 Å². The summed E-state index contributed by atoms with van der Waals surface area (Å²) in [6.45, 7) is 0.351. The minimum absolute atomic E-state index is 0.0201. The molecule has 0 spiro atoms. The van der Waals surface area contributed by atoms with E-state index in [0.29, 0.717) is 12.1 Å². The molecule has 2 rings (SSSR count). The van der Waals surface area contributed by atoms with Crippen molar-refractivity contribution in [3.8, 4) is 0 Å². The molecule has 1 aromatic heterocycles. The first-order valence-electron chi connectivity index (χ1n) is 6.25. The molecule has 2 aromatic rings. The summed E-state index contributed by atoms with van der Waals surface area (Å²) in [7, 11) is 0. The summed E-state index contributed by atoms with van der Waals surface area (Å²) in [6, 6.07) is 11.4. The van der Waals surface area contributed by atoms with E-state index in [-0.39, 0.29) is 11.6 Å². The van der Waals surface area contributed by atoms with Gasteiger partial charge in [0.2, 0.25) is 5.91 Å². The molecule has 0 atom stereocenters. The first-order chi connectivity index (χ1) is 10.1. The molecular weight excluding hydrogens is 270 g/mol. The summed E-state index contributed by atoms with van der Waals surface area (Å²) in [5.41, 5.74) is 1.51. The Balaban J connectivity index is 1.88. The number of hydrogen-bond acceptors (Lipinski definition) is 4. The maximum absolute atomic E-state index is 11.6. The first-order valence-corrected chi connectivity index (χ1v) is 6.25. The van der Waals surface area contributed by atoms with Crippen LogP contribution < -0.4 is 5.32 Å². The number of nitro benzene ring substituents is 1. The van der Waals surface area contributed by atoms with Crippen molar-refractivity contribution in [1.29, 1.82) is 0 Å². The van der Waals surface area contributed by atoms with Gasteiger partial charge in [0.15, 0.2) is 0 Å². The summed E-state index contributed by atoms with van der Waals surface area (Å²) in [4.78, 5) is 25.8. The number of carbonyl (C=O) groups is 1. The van der Waals surface area contributed by atoms with Gasteiger partial charge in [-0.2, -0.15) is 0 Å². The molecule has 0 bridgehead atoms. The normalized spacial score (nSPS) is 10.5. The molecule has 0 radical (unpaired) electrons. The standard InChI is InChI=1S/C15H13N3O3/c19-15(17-11-13-3-1-2-10-16-13)9-6-12-4-7-14(8-5-12)18(20)21/h1-10H,11H2,(H,17,19)/b9-6+. The van der Waals surface area contributed by atoms with Crippen LogP contribution in [0.25, 0.3) is 6.08 Å². The fourth-order valence-corrected chi connectivity index (χ4v) is 1.62. The van der Waals surface area contributed by atoms with Crippen molar-refractivity contribution < 1.29 is 9.72 Å². The van der Waals surface area contributed by atoms with Crippen molar-refractivity contribution in [1.82, 2.24) is 10.3 Å². The molecule has 0 aliphatic carbocycles. The second-order valence-corrected chi connectivity index (χ2v) is 4.22. The highest BCUT2D eigenvalue weighted by atomic mass is 16.6. The molecule has 6 heteroatoms. The van der Waals surface area contributed by atoms with Gasteiger partial charge in [-0.3, -0.25) is 19.9 Å². The van der Waals surface area contributed by atoms with Crippen molar-refractivity contribution in [2.24, 2.45) is 0 Å². The van der Waals surface area contributed by atoms with E-state index in [1.54, 1.807) is 30.5 Å². The molecule has 0 aliphatic rings. The van der Waals surface area contributed by atoms with Gasteiger partial charge >= 0.3 is 0 Å². The summed E-state index contributed by atoms with van der Waals surface area (Å²) in [5, 5.41) is 13.2. The van der Waals surface area contributed by atoms with Gasteiger partial charge in [0, 0.05) is 24.4 Å². The van der Waals surface area contributed by atoms with Crippen LogP contribution in [0.15, 0.2) is 54.7 Å². The molecule has 0 aliphatic heterocycles. The lowest BCUT2D eigenvalue weighted by atomic mass is 10.2. The number of pyridine rings is 1. The van der Waals surface area contributed by atoms with Crippen molar-refractivity contribution in [2.45, 2.75) is 6.54 Å². The van der Waals surface area contributed by atoms with Crippen LogP contribution in [-0.4, -0.2) is 15.8 Å². The molecule has 1 N–H and O–H groups in total. The lowest BCUT2D eigenvalue weighted by Crippen LogP contribution is -2.20. The monoisotopic (exact) mass is 283 g/mol. The zero-order chi connectivity index (χ0) is 15.1. The van der Waals surface area contributed by atoms with E-state index in [9.17, 15) is 14.9 Å². The highest BCUT2D eigenvalue weighted by Crippen LogP contribution is 2.12. The number of non-ortho nitro benzene ring substituents is 1. The molecular formula is C15H13N3O3. The summed E-state index contributed by atoms with van der Waals surface area (Å²) >= 11 is 0. The number of carbonyl (C=O) groups excluding carboxylic acids is 1. The maximum Gasteiger partial charge on any atom is 0.269 e. The number of nitrogens with one attached hydrogen (secondary N) is 1. The zero-order valence-electron chi connectivity index (χ0n) is 11.1. The number of aromatic nitrogens is 1. The summed E-state index contributed by atoms with van der Waals surface area (Å²) < 4.78 is 0. The average molecular weight is 283 g/mol. The van der Waals surface area contributed by atoms with E-state index in [1.165, 1.54) is 18.2 Å². The Bertz CT molecular complexity index is 652. The molecule has 0 unspecified atom stereocenters. The zero-order valence-corrected chi connectivity index (χ0v) is 11.1. The highest BCUT2D eigenvalue weighted by molar-refractivity contribution is 5.91. The number of amides is 1. The number of benzene rings is 1. The maximum atomic E-state index is 11.6. The van der Waals surface area contributed by atoms with Crippen molar-refractivity contribution in [2.75, 3.05) is 0 Å². The van der Waals surface area contributed by atoms with Gasteiger partial charge < -0.3 is 5.32 Å². The van der Waals surface area contributed by atoms with E-state index in [0.717, 1.165) is 5.69 Å². The highest BCUT2D eigenvalue weighted by Gasteiger charge is 2.02. The van der Waals surface area contributed by atoms with Gasteiger partial charge in [0.1, 0.15) is 0 Å². The predicted molar refractivity (Wildman–Crippen MR) is 78.2 cm³/mol. The minimum atomic E-state index is -0.465. The predicted octanol–water partition coefficient (Wildman–Crippen LogP) is 2.32. The molecule has 0 saturated carbocycles. The van der Waals surface area contributed by atoms with Crippen LogP contribution in [0.3, 0.4) is 0 Å². The van der Waals surface area contributed by atoms with Crippen molar-refractivity contribution in [3.63, 3.8) is 0 Å². The molecule has 1 aromatic carbocycles. The van der Waals surface area contributed by atoms with Crippen LogP contribution in [0.2, 0.25) is 0 Å². The molecule has 1 amide bonds. The Morgan fingerprint density at radius 3 is 2.62 bits per heavy atom. The Morgan fingerprint density at radius 2 is 2.00 bits per heavy atom. The van der Waals surface area contributed by atoms with Crippen LogP contribution in [-0.2, 0) is 11.3 Å². The minimum Gasteiger partial charge on any atom is -0.347 e. The van der Waals surface area contributed by atoms with Gasteiger partial charge in [-0.25, -0.2) is 0 Å². The number of nitro groups is 1. The number of hydrogen-bond donors (Lipinski definition) is 1. The third-order valence-electron chi connectivity index (χ3n) is 2.70. The van der Waals surface area contributed by atoms with Crippen LogP contribution in [0, 0.1) is 10.1 Å². The summed E-state index contributed by atoms with van der Waals surface area (Å²) in [6.07, 6.45) is 4.63. The molecule has 6 nitrogen and oxygen atoms in total. The Labute approximate surface area is 121 Å². The first kappa shape index (κ1) is 14.4. The quantitative estimate of drug-likeness (QED) is 0.518. The smallest absolute Gasteiger partial charge is 0.269 e. The van der Waals surface area contributed by atoms with Gasteiger partial charge in [-0.05, 0) is 35.9 Å². The lowest BCUT2D eigenvalue weighted by molar-refractivity contribution is -0.384.